The third-order valence-electron chi connectivity index (χ3n) is 5.30. The summed E-state index contributed by atoms with van der Waals surface area (Å²) in [5.74, 6) is -0.757. The summed E-state index contributed by atoms with van der Waals surface area (Å²) >= 11 is 0. The lowest BCUT2D eigenvalue weighted by molar-refractivity contribution is -0.152. The van der Waals surface area contributed by atoms with Crippen LogP contribution in [0.2, 0.25) is 0 Å². The van der Waals surface area contributed by atoms with Gasteiger partial charge in [-0.25, -0.2) is 4.98 Å². The van der Waals surface area contributed by atoms with Crippen molar-refractivity contribution in [3.05, 3.63) is 42.0 Å². The Labute approximate surface area is 178 Å². The van der Waals surface area contributed by atoms with Crippen molar-refractivity contribution in [1.29, 1.82) is 0 Å². The molecule has 0 saturated heterocycles. The molecule has 1 N–H and O–H groups in total. The second-order valence-electron chi connectivity index (χ2n) is 6.88. The predicted molar refractivity (Wildman–Crippen MR) is 113 cm³/mol. The van der Waals surface area contributed by atoms with E-state index < -0.39 is 23.8 Å². The molecule has 2 aromatic carbocycles. The standard InChI is InChI=1S/C22H23N3O6/c1-5-31-21(27)16-17(12-10-11-15(28-2)19(30-4)18(12)29-3)25-14-9-7-6-8-13(14)23-22(25)24-20(16)26/h6-11,16-17H,5H2,1-4H3,(H,23,24,26). The van der Waals surface area contributed by atoms with E-state index in [1.165, 1.54) is 21.3 Å². The van der Waals surface area contributed by atoms with E-state index in [9.17, 15) is 9.59 Å². The summed E-state index contributed by atoms with van der Waals surface area (Å²) in [5.41, 5.74) is 2.01. The molecule has 1 aliphatic rings. The zero-order valence-corrected chi connectivity index (χ0v) is 17.7. The number of fused-ring (bicyclic) bond motifs is 3. The van der Waals surface area contributed by atoms with Gasteiger partial charge in [0.25, 0.3) is 0 Å². The first kappa shape index (κ1) is 20.5. The van der Waals surface area contributed by atoms with E-state index >= 15 is 0 Å². The number of imidazole rings is 1. The molecule has 162 valence electrons. The highest BCUT2D eigenvalue weighted by Crippen LogP contribution is 2.47. The number of carbonyl (C=O) groups is 2. The molecule has 0 saturated carbocycles. The van der Waals surface area contributed by atoms with Gasteiger partial charge in [-0.05, 0) is 31.2 Å². The maximum atomic E-state index is 13.0. The predicted octanol–water partition coefficient (Wildman–Crippen LogP) is 2.78. The van der Waals surface area contributed by atoms with Gasteiger partial charge >= 0.3 is 5.97 Å². The van der Waals surface area contributed by atoms with Crippen LogP contribution in [0.5, 0.6) is 17.2 Å². The smallest absolute Gasteiger partial charge is 0.321 e. The van der Waals surface area contributed by atoms with Crippen LogP contribution >= 0.6 is 0 Å². The zero-order valence-electron chi connectivity index (χ0n) is 17.7. The molecule has 2 atom stereocenters. The number of carbonyl (C=O) groups excluding carboxylic acids is 2. The third-order valence-corrected chi connectivity index (χ3v) is 5.30. The number of anilines is 1. The number of esters is 1. The summed E-state index contributed by atoms with van der Waals surface area (Å²) in [6, 6.07) is 10.2. The molecule has 0 bridgehead atoms. The van der Waals surface area contributed by atoms with Gasteiger partial charge in [-0.15, -0.1) is 0 Å². The van der Waals surface area contributed by atoms with Gasteiger partial charge in [0.05, 0.1) is 45.0 Å². The van der Waals surface area contributed by atoms with Crippen molar-refractivity contribution in [2.24, 2.45) is 5.92 Å². The van der Waals surface area contributed by atoms with Gasteiger partial charge in [0, 0.05) is 5.56 Å². The number of rotatable bonds is 6. The first-order valence-electron chi connectivity index (χ1n) is 9.79. The molecule has 31 heavy (non-hydrogen) atoms. The first-order chi connectivity index (χ1) is 15.0. The Hall–Kier alpha value is -3.75. The van der Waals surface area contributed by atoms with Gasteiger partial charge in [0.1, 0.15) is 0 Å². The van der Waals surface area contributed by atoms with Crippen LogP contribution in [0.15, 0.2) is 36.4 Å². The van der Waals surface area contributed by atoms with Crippen LogP contribution in [0.25, 0.3) is 11.0 Å². The Morgan fingerprint density at radius 1 is 1.06 bits per heavy atom. The second kappa shape index (κ2) is 8.17. The third kappa shape index (κ3) is 3.22. The average molecular weight is 425 g/mol. The second-order valence-corrected chi connectivity index (χ2v) is 6.88. The van der Waals surface area contributed by atoms with Crippen molar-refractivity contribution in [3.63, 3.8) is 0 Å². The number of amides is 1. The fourth-order valence-corrected chi connectivity index (χ4v) is 4.04. The number of benzene rings is 2. The molecule has 9 nitrogen and oxygen atoms in total. The lowest BCUT2D eigenvalue weighted by atomic mass is 9.89. The Morgan fingerprint density at radius 2 is 1.81 bits per heavy atom. The van der Waals surface area contributed by atoms with Crippen LogP contribution in [-0.4, -0.2) is 49.4 Å². The van der Waals surface area contributed by atoms with Gasteiger partial charge in [-0.2, -0.15) is 0 Å². The number of hydrogen-bond acceptors (Lipinski definition) is 7. The van der Waals surface area contributed by atoms with E-state index in [0.29, 0.717) is 34.3 Å². The van der Waals surface area contributed by atoms with Gasteiger partial charge in [0.15, 0.2) is 17.4 Å². The first-order valence-corrected chi connectivity index (χ1v) is 9.79. The molecular weight excluding hydrogens is 402 g/mol. The molecule has 4 rings (SSSR count). The van der Waals surface area contributed by atoms with Crippen molar-refractivity contribution < 1.29 is 28.5 Å². The fraction of sp³-hybridized carbons (Fsp3) is 0.318. The normalized spacial score (nSPS) is 17.6. The van der Waals surface area contributed by atoms with Crippen LogP contribution in [0, 0.1) is 5.92 Å². The van der Waals surface area contributed by atoms with Crippen molar-refractivity contribution in [3.8, 4) is 17.2 Å². The number of ether oxygens (including phenoxy) is 4. The molecule has 3 aromatic rings. The molecule has 1 aliphatic heterocycles. The molecule has 0 aliphatic carbocycles. The summed E-state index contributed by atoms with van der Waals surface area (Å²) in [7, 11) is 4.52. The lowest BCUT2D eigenvalue weighted by Gasteiger charge is -2.33. The number of hydrogen-bond donors (Lipinski definition) is 1. The minimum absolute atomic E-state index is 0.149. The van der Waals surface area contributed by atoms with Crippen LogP contribution < -0.4 is 19.5 Å². The highest BCUT2D eigenvalue weighted by molar-refractivity contribution is 6.07. The number of nitrogens with zero attached hydrogens (tertiary/aromatic N) is 2. The monoisotopic (exact) mass is 425 g/mol. The topological polar surface area (TPSA) is 101 Å². The SMILES string of the molecule is CCOC(=O)C1C(=O)Nc2nc3ccccc3n2C1c1ccc(OC)c(OC)c1OC. The molecule has 0 fully saturated rings. The minimum atomic E-state index is -1.16. The van der Waals surface area contributed by atoms with Gasteiger partial charge < -0.3 is 23.5 Å². The lowest BCUT2D eigenvalue weighted by Crippen LogP contribution is -2.43. The Bertz CT molecular complexity index is 1160. The number of methoxy groups -OCH3 is 3. The molecule has 2 heterocycles. The minimum Gasteiger partial charge on any atom is -0.493 e. The largest absolute Gasteiger partial charge is 0.493 e. The molecule has 0 spiro atoms. The van der Waals surface area contributed by atoms with E-state index in [1.54, 1.807) is 19.1 Å². The summed E-state index contributed by atoms with van der Waals surface area (Å²) < 4.78 is 23.7. The molecule has 1 amide bonds. The van der Waals surface area contributed by atoms with Crippen LogP contribution in [0.4, 0.5) is 5.95 Å². The van der Waals surface area contributed by atoms with E-state index in [4.69, 9.17) is 18.9 Å². The van der Waals surface area contributed by atoms with E-state index in [-0.39, 0.29) is 6.61 Å². The van der Waals surface area contributed by atoms with E-state index in [2.05, 4.69) is 10.3 Å². The summed E-state index contributed by atoms with van der Waals surface area (Å²) in [4.78, 5) is 30.5. The van der Waals surface area contributed by atoms with Gasteiger partial charge in [0.2, 0.25) is 17.6 Å². The molecule has 0 radical (unpaired) electrons. The maximum absolute atomic E-state index is 13.0. The molecule has 1 aromatic heterocycles. The molecule has 2 unspecified atom stereocenters. The Morgan fingerprint density at radius 3 is 2.48 bits per heavy atom. The van der Waals surface area contributed by atoms with Crippen molar-refractivity contribution in [1.82, 2.24) is 9.55 Å². The highest BCUT2D eigenvalue weighted by Gasteiger charge is 2.45. The van der Waals surface area contributed by atoms with Gasteiger partial charge in [-0.3, -0.25) is 14.9 Å². The maximum Gasteiger partial charge on any atom is 0.321 e. The highest BCUT2D eigenvalue weighted by atomic mass is 16.5. The van der Waals surface area contributed by atoms with Gasteiger partial charge in [-0.1, -0.05) is 12.1 Å². The number of aromatic nitrogens is 2. The van der Waals surface area contributed by atoms with Crippen LogP contribution in [-0.2, 0) is 14.3 Å². The van der Waals surface area contributed by atoms with Crippen molar-refractivity contribution >= 4 is 28.9 Å². The zero-order chi connectivity index (χ0) is 22.1. The average Bonchev–Trinajstić information content (AvgIpc) is 3.14. The fourth-order valence-electron chi connectivity index (χ4n) is 4.04. The number of nitrogens with one attached hydrogen (secondary N) is 1. The molecule has 9 heteroatoms. The van der Waals surface area contributed by atoms with Crippen molar-refractivity contribution in [2.45, 2.75) is 13.0 Å². The quantitative estimate of drug-likeness (QED) is 0.479. The molecular formula is C22H23N3O6. The van der Waals surface area contributed by atoms with Crippen LogP contribution in [0.1, 0.15) is 18.5 Å². The van der Waals surface area contributed by atoms with Crippen molar-refractivity contribution in [2.75, 3.05) is 33.3 Å². The summed E-state index contributed by atoms with van der Waals surface area (Å²) in [6.07, 6.45) is 0. The van der Waals surface area contributed by atoms with E-state index in [0.717, 1.165) is 5.52 Å². The van der Waals surface area contributed by atoms with E-state index in [1.807, 2.05) is 28.8 Å². The van der Waals surface area contributed by atoms with Crippen LogP contribution in [0.3, 0.4) is 0 Å². The Kier molecular flexibility index (Phi) is 5.41. The summed E-state index contributed by atoms with van der Waals surface area (Å²) in [6.45, 7) is 1.85. The Balaban J connectivity index is 2.03. The summed E-state index contributed by atoms with van der Waals surface area (Å²) in [5, 5.41) is 2.74. The number of para-hydroxylation sites is 2.